The van der Waals surface area contributed by atoms with Gasteiger partial charge in [-0.2, -0.15) is 0 Å². The molecule has 15 heavy (non-hydrogen) atoms. The summed E-state index contributed by atoms with van der Waals surface area (Å²) in [6, 6.07) is 2.51. The zero-order valence-electron chi connectivity index (χ0n) is 8.66. The van der Waals surface area contributed by atoms with Gasteiger partial charge in [-0.3, -0.25) is 0 Å². The molecule has 1 nitrogen and oxygen atoms in total. The maximum atomic E-state index is 6.31. The predicted octanol–water partition coefficient (Wildman–Crippen LogP) is 3.43. The molecule has 1 heterocycles. The highest BCUT2D eigenvalue weighted by Crippen LogP contribution is 2.55. The summed E-state index contributed by atoms with van der Waals surface area (Å²) >= 11 is 5.40. The Morgan fingerprint density at radius 1 is 1.40 bits per heavy atom. The Hall–Kier alpha value is 0.140. The van der Waals surface area contributed by atoms with Crippen LogP contribution < -0.4 is 5.73 Å². The quantitative estimate of drug-likeness (QED) is 0.905. The van der Waals surface area contributed by atoms with Gasteiger partial charge in [-0.25, -0.2) is 0 Å². The van der Waals surface area contributed by atoms with Crippen molar-refractivity contribution in [2.45, 2.75) is 31.7 Å². The van der Waals surface area contributed by atoms with Crippen molar-refractivity contribution in [1.29, 1.82) is 0 Å². The molecule has 2 aliphatic carbocycles. The van der Waals surface area contributed by atoms with E-state index >= 15 is 0 Å². The van der Waals surface area contributed by atoms with Gasteiger partial charge < -0.3 is 5.73 Å². The molecule has 3 heteroatoms. The molecule has 0 aromatic carbocycles. The van der Waals surface area contributed by atoms with Crippen LogP contribution in [0.3, 0.4) is 0 Å². The molecule has 82 valence electrons. The molecular formula is C12H16BrNS. The van der Waals surface area contributed by atoms with E-state index in [4.69, 9.17) is 5.73 Å². The van der Waals surface area contributed by atoms with Gasteiger partial charge in [0.25, 0.3) is 0 Å². The summed E-state index contributed by atoms with van der Waals surface area (Å²) in [6.45, 7) is 0. The minimum absolute atomic E-state index is 0.382. The second kappa shape index (κ2) is 3.86. The molecule has 0 aliphatic heterocycles. The average Bonchev–Trinajstić information content (AvgIpc) is 2.64. The lowest BCUT2D eigenvalue weighted by Crippen LogP contribution is -2.31. The van der Waals surface area contributed by atoms with Crippen LogP contribution in [0.25, 0.3) is 0 Å². The molecule has 2 fully saturated rings. The largest absolute Gasteiger partial charge is 0.327 e. The van der Waals surface area contributed by atoms with E-state index in [1.165, 1.54) is 28.6 Å². The third kappa shape index (κ3) is 2.02. The molecular weight excluding hydrogens is 270 g/mol. The first-order valence-electron chi connectivity index (χ1n) is 5.71. The summed E-state index contributed by atoms with van der Waals surface area (Å²) in [5.41, 5.74) is 6.31. The van der Waals surface area contributed by atoms with E-state index in [1.54, 1.807) is 0 Å². The van der Waals surface area contributed by atoms with Gasteiger partial charge in [-0.15, -0.1) is 11.3 Å². The van der Waals surface area contributed by atoms with Gasteiger partial charge >= 0.3 is 0 Å². The van der Waals surface area contributed by atoms with Crippen molar-refractivity contribution in [2.75, 3.05) is 0 Å². The molecule has 0 bridgehead atoms. The molecule has 3 unspecified atom stereocenters. The highest BCUT2D eigenvalue weighted by molar-refractivity contribution is 9.10. The Morgan fingerprint density at radius 3 is 2.73 bits per heavy atom. The zero-order chi connectivity index (χ0) is 10.4. The van der Waals surface area contributed by atoms with Crippen molar-refractivity contribution in [1.82, 2.24) is 0 Å². The SMILES string of the molecule is NC(Cc1sccc1Br)C1CC2CC2C1. The van der Waals surface area contributed by atoms with Crippen LogP contribution in [-0.2, 0) is 6.42 Å². The second-order valence-corrected chi connectivity index (χ2v) is 6.90. The van der Waals surface area contributed by atoms with Crippen molar-refractivity contribution in [2.24, 2.45) is 23.5 Å². The van der Waals surface area contributed by atoms with Crippen molar-refractivity contribution in [3.63, 3.8) is 0 Å². The van der Waals surface area contributed by atoms with E-state index < -0.39 is 0 Å². The molecule has 2 N–H and O–H groups in total. The van der Waals surface area contributed by atoms with Crippen LogP contribution in [0, 0.1) is 17.8 Å². The van der Waals surface area contributed by atoms with Crippen molar-refractivity contribution in [3.8, 4) is 0 Å². The van der Waals surface area contributed by atoms with Crippen molar-refractivity contribution < 1.29 is 0 Å². The first-order valence-corrected chi connectivity index (χ1v) is 7.38. The Balaban J connectivity index is 1.61. The van der Waals surface area contributed by atoms with Gasteiger partial charge in [0.15, 0.2) is 0 Å². The molecule has 1 aromatic rings. The zero-order valence-corrected chi connectivity index (χ0v) is 11.1. The lowest BCUT2D eigenvalue weighted by Gasteiger charge is -2.20. The number of halogens is 1. The van der Waals surface area contributed by atoms with Crippen LogP contribution >= 0.6 is 27.3 Å². The van der Waals surface area contributed by atoms with Gasteiger partial charge in [0.2, 0.25) is 0 Å². The number of hydrogen-bond acceptors (Lipinski definition) is 2. The fraction of sp³-hybridized carbons (Fsp3) is 0.667. The van der Waals surface area contributed by atoms with Crippen LogP contribution in [0.5, 0.6) is 0 Å². The highest BCUT2D eigenvalue weighted by atomic mass is 79.9. The minimum Gasteiger partial charge on any atom is -0.327 e. The Morgan fingerprint density at radius 2 is 2.13 bits per heavy atom. The van der Waals surface area contributed by atoms with Gasteiger partial charge in [-0.05, 0) is 70.8 Å². The average molecular weight is 286 g/mol. The summed E-state index contributed by atoms with van der Waals surface area (Å²) in [5.74, 6) is 2.89. The van der Waals surface area contributed by atoms with E-state index in [0.29, 0.717) is 6.04 Å². The highest BCUT2D eigenvalue weighted by Gasteiger charge is 2.47. The molecule has 3 rings (SSSR count). The van der Waals surface area contributed by atoms with E-state index in [-0.39, 0.29) is 0 Å². The summed E-state index contributed by atoms with van der Waals surface area (Å²) in [4.78, 5) is 1.42. The van der Waals surface area contributed by atoms with Crippen LogP contribution in [0.1, 0.15) is 24.1 Å². The molecule has 0 radical (unpaired) electrons. The fourth-order valence-corrected chi connectivity index (χ4v) is 4.55. The molecule has 0 spiro atoms. The van der Waals surface area contributed by atoms with Crippen LogP contribution in [0.2, 0.25) is 0 Å². The third-order valence-corrected chi connectivity index (χ3v) is 5.95. The Labute approximate surface area is 103 Å². The van der Waals surface area contributed by atoms with Crippen molar-refractivity contribution >= 4 is 27.3 Å². The molecule has 2 saturated carbocycles. The second-order valence-electron chi connectivity index (χ2n) is 5.05. The Kier molecular flexibility index (Phi) is 2.65. The van der Waals surface area contributed by atoms with E-state index in [2.05, 4.69) is 27.4 Å². The van der Waals surface area contributed by atoms with Crippen LogP contribution in [0.4, 0.5) is 0 Å². The van der Waals surface area contributed by atoms with Gasteiger partial charge in [0.1, 0.15) is 0 Å². The standard InChI is InChI=1S/C12H16BrNS/c13-10-1-2-15-12(10)6-11(14)9-4-7-3-8(7)5-9/h1-2,7-9,11H,3-6,14H2. The third-order valence-electron chi connectivity index (χ3n) is 4.00. The van der Waals surface area contributed by atoms with E-state index in [9.17, 15) is 0 Å². The smallest absolute Gasteiger partial charge is 0.0314 e. The van der Waals surface area contributed by atoms with Gasteiger partial charge in [0.05, 0.1) is 0 Å². The number of thiophene rings is 1. The van der Waals surface area contributed by atoms with Gasteiger partial charge in [-0.1, -0.05) is 0 Å². The molecule has 0 amide bonds. The first kappa shape index (κ1) is 10.3. The topological polar surface area (TPSA) is 26.0 Å². The predicted molar refractivity (Wildman–Crippen MR) is 68.0 cm³/mol. The lowest BCUT2D eigenvalue weighted by atomic mass is 9.92. The maximum Gasteiger partial charge on any atom is 0.0314 e. The van der Waals surface area contributed by atoms with E-state index in [0.717, 1.165) is 24.2 Å². The normalized spacial score (nSPS) is 35.2. The monoisotopic (exact) mass is 285 g/mol. The maximum absolute atomic E-state index is 6.31. The number of nitrogens with two attached hydrogens (primary N) is 1. The summed E-state index contributed by atoms with van der Waals surface area (Å²) in [7, 11) is 0. The Bertz CT molecular complexity index is 352. The lowest BCUT2D eigenvalue weighted by molar-refractivity contribution is 0.394. The van der Waals surface area contributed by atoms with E-state index in [1.807, 2.05) is 11.3 Å². The van der Waals surface area contributed by atoms with Crippen LogP contribution in [0.15, 0.2) is 15.9 Å². The molecule has 1 aromatic heterocycles. The molecule has 3 atom stereocenters. The number of hydrogen-bond donors (Lipinski definition) is 1. The molecule has 2 aliphatic rings. The number of fused-ring (bicyclic) bond motifs is 1. The fourth-order valence-electron chi connectivity index (χ4n) is 2.96. The van der Waals surface area contributed by atoms with Gasteiger partial charge in [0, 0.05) is 15.4 Å². The minimum atomic E-state index is 0.382. The van der Waals surface area contributed by atoms with Crippen molar-refractivity contribution in [3.05, 3.63) is 20.8 Å². The summed E-state index contributed by atoms with van der Waals surface area (Å²) < 4.78 is 1.24. The number of rotatable bonds is 3. The molecule has 0 saturated heterocycles. The summed E-state index contributed by atoms with van der Waals surface area (Å²) in [6.07, 6.45) is 5.35. The summed E-state index contributed by atoms with van der Waals surface area (Å²) in [5, 5.41) is 2.14. The van der Waals surface area contributed by atoms with Crippen LogP contribution in [-0.4, -0.2) is 6.04 Å². The first-order chi connectivity index (χ1) is 7.24.